The number of thiazole rings is 1. The average molecular weight is 409 g/mol. The number of halogens is 3. The van der Waals surface area contributed by atoms with Crippen LogP contribution < -0.4 is 4.74 Å². The minimum absolute atomic E-state index is 0.0901. The summed E-state index contributed by atoms with van der Waals surface area (Å²) >= 11 is 1.31. The van der Waals surface area contributed by atoms with Gasteiger partial charge in [0.25, 0.3) is 0 Å². The standard InChI is InChI=1S/C19H18F3N3O2S/c1-11(2)27-16-5-13(4-15(6-16)19(20,21)22)17-10-28-18(24-17)9-25-8-14(7-23-25)12(3)26/h4-8,10-11,26H,3,9H2,1-2H3. The van der Waals surface area contributed by atoms with Crippen molar-refractivity contribution in [3.8, 4) is 17.0 Å². The molecule has 0 saturated heterocycles. The van der Waals surface area contributed by atoms with E-state index < -0.39 is 11.7 Å². The van der Waals surface area contributed by atoms with E-state index in [9.17, 15) is 18.3 Å². The average Bonchev–Trinajstić information content (AvgIpc) is 3.23. The molecule has 0 unspecified atom stereocenters. The molecule has 5 nitrogen and oxygen atoms in total. The summed E-state index contributed by atoms with van der Waals surface area (Å²) in [6.45, 7) is 7.26. The molecular weight excluding hydrogens is 391 g/mol. The molecule has 3 aromatic rings. The lowest BCUT2D eigenvalue weighted by molar-refractivity contribution is -0.137. The Labute approximate surface area is 163 Å². The molecule has 148 valence electrons. The largest absolute Gasteiger partial charge is 0.508 e. The SMILES string of the molecule is C=C(O)c1cnn(Cc2nc(-c3cc(OC(C)C)cc(C(F)(F)F)c3)cs2)c1. The number of aliphatic hydroxyl groups is 1. The molecule has 2 heterocycles. The number of hydrogen-bond acceptors (Lipinski definition) is 5. The van der Waals surface area contributed by atoms with Crippen LogP contribution in [0, 0.1) is 0 Å². The highest BCUT2D eigenvalue weighted by Crippen LogP contribution is 2.36. The molecule has 0 radical (unpaired) electrons. The zero-order valence-electron chi connectivity index (χ0n) is 15.2. The fraction of sp³-hybridized carbons (Fsp3) is 0.263. The van der Waals surface area contributed by atoms with Crippen LogP contribution in [0.4, 0.5) is 13.2 Å². The molecule has 0 atom stereocenters. The Kier molecular flexibility index (Phi) is 5.46. The van der Waals surface area contributed by atoms with Gasteiger partial charge < -0.3 is 9.84 Å². The number of alkyl halides is 3. The summed E-state index contributed by atoms with van der Waals surface area (Å²) in [6, 6.07) is 3.60. The van der Waals surface area contributed by atoms with Crippen LogP contribution in [0.15, 0.2) is 42.6 Å². The number of nitrogens with zero attached hydrogens (tertiary/aromatic N) is 3. The van der Waals surface area contributed by atoms with Crippen LogP contribution in [0.5, 0.6) is 5.75 Å². The maximum atomic E-state index is 13.2. The summed E-state index contributed by atoms with van der Waals surface area (Å²) in [6.07, 6.45) is -1.65. The monoisotopic (exact) mass is 409 g/mol. The number of ether oxygens (including phenoxy) is 1. The molecule has 0 bridgehead atoms. The van der Waals surface area contributed by atoms with Crippen LogP contribution >= 0.6 is 11.3 Å². The molecule has 0 saturated carbocycles. The van der Waals surface area contributed by atoms with Gasteiger partial charge in [0.1, 0.15) is 16.5 Å². The van der Waals surface area contributed by atoms with Gasteiger partial charge in [-0.15, -0.1) is 11.3 Å². The number of rotatable bonds is 6. The molecule has 0 fully saturated rings. The van der Waals surface area contributed by atoms with E-state index in [0.29, 0.717) is 28.4 Å². The van der Waals surface area contributed by atoms with Gasteiger partial charge in [-0.3, -0.25) is 4.68 Å². The third-order valence-electron chi connectivity index (χ3n) is 3.72. The Morgan fingerprint density at radius 3 is 2.68 bits per heavy atom. The quantitative estimate of drug-likeness (QED) is 0.555. The second-order valence-corrected chi connectivity index (χ2v) is 7.35. The zero-order valence-corrected chi connectivity index (χ0v) is 16.0. The topological polar surface area (TPSA) is 60.2 Å². The molecule has 9 heteroatoms. The lowest BCUT2D eigenvalue weighted by Gasteiger charge is -2.14. The highest BCUT2D eigenvalue weighted by atomic mass is 32.1. The number of hydrogen-bond donors (Lipinski definition) is 1. The van der Waals surface area contributed by atoms with Crippen LogP contribution in [0.3, 0.4) is 0 Å². The van der Waals surface area contributed by atoms with Crippen molar-refractivity contribution in [2.75, 3.05) is 0 Å². The molecule has 0 aliphatic carbocycles. The van der Waals surface area contributed by atoms with Crippen molar-refractivity contribution < 1.29 is 23.0 Å². The van der Waals surface area contributed by atoms with Gasteiger partial charge in [0.2, 0.25) is 0 Å². The van der Waals surface area contributed by atoms with E-state index in [1.165, 1.54) is 17.5 Å². The van der Waals surface area contributed by atoms with Gasteiger partial charge in [-0.25, -0.2) is 4.98 Å². The van der Waals surface area contributed by atoms with Gasteiger partial charge in [0.05, 0.1) is 35.7 Å². The Morgan fingerprint density at radius 1 is 1.32 bits per heavy atom. The van der Waals surface area contributed by atoms with Crippen LogP contribution in [0.1, 0.15) is 30.0 Å². The molecule has 3 rings (SSSR count). The van der Waals surface area contributed by atoms with Crippen LogP contribution in [-0.4, -0.2) is 26.0 Å². The molecule has 0 amide bonds. The van der Waals surface area contributed by atoms with Gasteiger partial charge in [0, 0.05) is 17.1 Å². The van der Waals surface area contributed by atoms with Gasteiger partial charge in [-0.2, -0.15) is 18.3 Å². The van der Waals surface area contributed by atoms with Gasteiger partial charge >= 0.3 is 6.18 Å². The summed E-state index contributed by atoms with van der Waals surface area (Å²) in [7, 11) is 0. The van der Waals surface area contributed by atoms with Gasteiger partial charge in [0.15, 0.2) is 0 Å². The van der Waals surface area contributed by atoms with Crippen LogP contribution in [-0.2, 0) is 12.7 Å². The van der Waals surface area contributed by atoms with Crippen molar-refractivity contribution in [2.24, 2.45) is 0 Å². The summed E-state index contributed by atoms with van der Waals surface area (Å²) < 4.78 is 46.8. The number of aliphatic hydroxyl groups excluding tert-OH is 1. The Morgan fingerprint density at radius 2 is 2.07 bits per heavy atom. The normalized spacial score (nSPS) is 11.8. The van der Waals surface area contributed by atoms with Gasteiger partial charge in [-0.05, 0) is 32.0 Å². The first-order valence-electron chi connectivity index (χ1n) is 8.36. The fourth-order valence-electron chi connectivity index (χ4n) is 2.50. The van der Waals surface area contributed by atoms with Crippen molar-refractivity contribution in [3.05, 3.63) is 58.7 Å². The molecule has 2 aromatic heterocycles. The van der Waals surface area contributed by atoms with E-state index in [1.807, 2.05) is 0 Å². The Hall–Kier alpha value is -2.81. The van der Waals surface area contributed by atoms with Crippen molar-refractivity contribution in [1.29, 1.82) is 0 Å². The molecule has 0 spiro atoms. The minimum atomic E-state index is -4.48. The van der Waals surface area contributed by atoms with Crippen molar-refractivity contribution >= 4 is 17.1 Å². The Bertz CT molecular complexity index is 992. The van der Waals surface area contributed by atoms with E-state index in [2.05, 4.69) is 16.7 Å². The minimum Gasteiger partial charge on any atom is -0.508 e. The summed E-state index contributed by atoms with van der Waals surface area (Å²) in [5, 5.41) is 15.8. The van der Waals surface area contributed by atoms with E-state index in [-0.39, 0.29) is 17.6 Å². The number of benzene rings is 1. The second kappa shape index (κ2) is 7.67. The molecular formula is C19H18F3N3O2S. The van der Waals surface area contributed by atoms with E-state index in [4.69, 9.17) is 4.74 Å². The summed E-state index contributed by atoms with van der Waals surface area (Å²) in [5.41, 5.74) is 0.468. The smallest absolute Gasteiger partial charge is 0.416 e. The molecule has 0 aliphatic heterocycles. The predicted molar refractivity (Wildman–Crippen MR) is 101 cm³/mol. The third kappa shape index (κ3) is 4.72. The maximum Gasteiger partial charge on any atom is 0.416 e. The van der Waals surface area contributed by atoms with Crippen molar-refractivity contribution in [3.63, 3.8) is 0 Å². The third-order valence-corrected chi connectivity index (χ3v) is 4.55. The molecule has 1 aromatic carbocycles. The summed E-state index contributed by atoms with van der Waals surface area (Å²) in [4.78, 5) is 4.42. The molecule has 1 N–H and O–H groups in total. The zero-order chi connectivity index (χ0) is 20.5. The highest BCUT2D eigenvalue weighted by Gasteiger charge is 2.32. The first-order valence-corrected chi connectivity index (χ1v) is 9.24. The summed E-state index contributed by atoms with van der Waals surface area (Å²) in [5.74, 6) is 0.0558. The van der Waals surface area contributed by atoms with Crippen molar-refractivity contribution in [2.45, 2.75) is 32.7 Å². The van der Waals surface area contributed by atoms with Gasteiger partial charge in [-0.1, -0.05) is 6.58 Å². The van der Waals surface area contributed by atoms with E-state index >= 15 is 0 Å². The Balaban J connectivity index is 1.89. The van der Waals surface area contributed by atoms with Crippen LogP contribution in [0.2, 0.25) is 0 Å². The highest BCUT2D eigenvalue weighted by molar-refractivity contribution is 7.09. The van der Waals surface area contributed by atoms with E-state index in [1.54, 1.807) is 36.2 Å². The lowest BCUT2D eigenvalue weighted by atomic mass is 10.1. The lowest BCUT2D eigenvalue weighted by Crippen LogP contribution is -2.09. The fourth-order valence-corrected chi connectivity index (χ4v) is 3.30. The van der Waals surface area contributed by atoms with E-state index in [0.717, 1.165) is 12.1 Å². The van der Waals surface area contributed by atoms with Crippen LogP contribution in [0.25, 0.3) is 17.0 Å². The van der Waals surface area contributed by atoms with Crippen molar-refractivity contribution in [1.82, 2.24) is 14.8 Å². The number of aromatic nitrogens is 3. The first-order chi connectivity index (χ1) is 13.1. The first kappa shape index (κ1) is 19.9. The molecule has 0 aliphatic rings. The predicted octanol–water partition coefficient (Wildman–Crippen LogP) is 5.39. The molecule has 28 heavy (non-hydrogen) atoms. The second-order valence-electron chi connectivity index (χ2n) is 6.41. The maximum absolute atomic E-state index is 13.2.